The Morgan fingerprint density at radius 2 is 1.93 bits per heavy atom. The summed E-state index contributed by atoms with van der Waals surface area (Å²) >= 11 is 6.03. The van der Waals surface area contributed by atoms with E-state index in [9.17, 15) is 14.0 Å². The van der Waals surface area contributed by atoms with E-state index in [4.69, 9.17) is 16.3 Å². The van der Waals surface area contributed by atoms with Crippen molar-refractivity contribution in [2.24, 2.45) is 0 Å². The van der Waals surface area contributed by atoms with Gasteiger partial charge < -0.3 is 10.1 Å². The third kappa shape index (κ3) is 5.20. The number of nitrogens with zero attached hydrogens (tertiary/aromatic N) is 2. The molecule has 0 saturated carbocycles. The van der Waals surface area contributed by atoms with Crippen molar-refractivity contribution in [3.8, 4) is 11.6 Å². The Hall–Kier alpha value is -3.19. The van der Waals surface area contributed by atoms with Crippen LogP contribution in [0.4, 0.5) is 4.39 Å². The van der Waals surface area contributed by atoms with Gasteiger partial charge in [-0.15, -0.1) is 5.10 Å². The quantitative estimate of drug-likeness (QED) is 0.669. The molecule has 3 rings (SSSR count). The molecule has 0 aliphatic heterocycles. The number of nitrogens with one attached hydrogen (secondary N) is 1. The van der Waals surface area contributed by atoms with Crippen LogP contribution >= 0.6 is 11.6 Å². The van der Waals surface area contributed by atoms with Crippen LogP contribution < -0.4 is 15.6 Å². The molecule has 1 aromatic heterocycles. The molecule has 6 nitrogen and oxygen atoms in total. The minimum absolute atomic E-state index is 0.119. The largest absolute Gasteiger partial charge is 0.464 e. The summed E-state index contributed by atoms with van der Waals surface area (Å²) in [5.41, 5.74) is 1.75. The first-order chi connectivity index (χ1) is 13.8. The summed E-state index contributed by atoms with van der Waals surface area (Å²) in [5.74, 6) is -0.589. The van der Waals surface area contributed by atoms with E-state index in [1.165, 1.54) is 28.9 Å². The summed E-state index contributed by atoms with van der Waals surface area (Å²) in [6.07, 6.45) is -0.852. The highest BCUT2D eigenvalue weighted by atomic mass is 35.5. The van der Waals surface area contributed by atoms with E-state index in [0.29, 0.717) is 10.7 Å². The van der Waals surface area contributed by atoms with Gasteiger partial charge in [0.05, 0.1) is 5.69 Å². The predicted molar refractivity (Wildman–Crippen MR) is 108 cm³/mol. The number of aromatic nitrogens is 2. The maximum absolute atomic E-state index is 12.9. The second-order valence-electron chi connectivity index (χ2n) is 6.46. The van der Waals surface area contributed by atoms with Crippen LogP contribution in [0.3, 0.4) is 0 Å². The topological polar surface area (TPSA) is 73.2 Å². The monoisotopic (exact) mass is 415 g/mol. The molecule has 1 N–H and O–H groups in total. The van der Waals surface area contributed by atoms with Crippen LogP contribution in [-0.2, 0) is 11.3 Å². The maximum Gasteiger partial charge on any atom is 0.271 e. The number of halogens is 2. The highest BCUT2D eigenvalue weighted by Gasteiger charge is 2.16. The molecule has 0 fully saturated rings. The number of amides is 1. The van der Waals surface area contributed by atoms with Crippen LogP contribution in [0.1, 0.15) is 18.1 Å². The zero-order valence-electron chi connectivity index (χ0n) is 15.9. The number of hydrogen-bond donors (Lipinski definition) is 1. The van der Waals surface area contributed by atoms with Gasteiger partial charge in [-0.1, -0.05) is 29.8 Å². The summed E-state index contributed by atoms with van der Waals surface area (Å²) in [5, 5.41) is 7.38. The molecule has 0 radical (unpaired) electrons. The van der Waals surface area contributed by atoms with Crippen molar-refractivity contribution in [2.75, 3.05) is 0 Å². The van der Waals surface area contributed by atoms with Crippen molar-refractivity contribution >= 4 is 17.5 Å². The van der Waals surface area contributed by atoms with E-state index in [1.54, 1.807) is 37.3 Å². The molecule has 29 heavy (non-hydrogen) atoms. The van der Waals surface area contributed by atoms with Crippen molar-refractivity contribution in [1.29, 1.82) is 0 Å². The molecule has 1 heterocycles. The molecule has 0 aliphatic carbocycles. The van der Waals surface area contributed by atoms with Crippen LogP contribution in [0.5, 0.6) is 5.88 Å². The molecule has 0 spiro atoms. The van der Waals surface area contributed by atoms with Crippen LogP contribution in [0, 0.1) is 12.7 Å². The van der Waals surface area contributed by atoms with Gasteiger partial charge in [0.1, 0.15) is 5.82 Å². The summed E-state index contributed by atoms with van der Waals surface area (Å²) in [7, 11) is 0. The smallest absolute Gasteiger partial charge is 0.271 e. The third-order valence-electron chi connectivity index (χ3n) is 4.22. The van der Waals surface area contributed by atoms with Gasteiger partial charge in [-0.25, -0.2) is 4.39 Å². The van der Waals surface area contributed by atoms with Crippen LogP contribution in [0.25, 0.3) is 5.69 Å². The molecule has 0 aliphatic rings. The maximum atomic E-state index is 12.9. The number of rotatable bonds is 6. The summed E-state index contributed by atoms with van der Waals surface area (Å²) in [6.45, 7) is 3.64. The van der Waals surface area contributed by atoms with Gasteiger partial charge in [0.2, 0.25) is 5.88 Å². The minimum Gasteiger partial charge on any atom is -0.464 e. The van der Waals surface area contributed by atoms with Gasteiger partial charge in [-0.2, -0.15) is 4.68 Å². The van der Waals surface area contributed by atoms with Gasteiger partial charge >= 0.3 is 0 Å². The van der Waals surface area contributed by atoms with Gasteiger partial charge in [0.25, 0.3) is 11.5 Å². The Morgan fingerprint density at radius 1 is 1.21 bits per heavy atom. The first kappa shape index (κ1) is 20.5. The van der Waals surface area contributed by atoms with Crippen LogP contribution in [0.15, 0.2) is 59.4 Å². The highest BCUT2D eigenvalue weighted by Crippen LogP contribution is 2.18. The third-order valence-corrected chi connectivity index (χ3v) is 4.46. The number of carbonyl (C=O) groups is 1. The average molecular weight is 416 g/mol. The number of ether oxygens (including phenoxy) is 1. The Bertz CT molecular complexity index is 1080. The Labute approximate surface area is 171 Å². The number of benzene rings is 2. The Balaban J connectivity index is 1.71. The van der Waals surface area contributed by atoms with Crippen molar-refractivity contribution in [3.63, 3.8) is 0 Å². The summed E-state index contributed by atoms with van der Waals surface area (Å²) < 4.78 is 19.7. The van der Waals surface area contributed by atoms with Crippen LogP contribution in [-0.4, -0.2) is 21.8 Å². The molecule has 1 atom stereocenters. The average Bonchev–Trinajstić information content (AvgIpc) is 2.70. The van der Waals surface area contributed by atoms with Crippen molar-refractivity contribution in [1.82, 2.24) is 15.1 Å². The predicted octanol–water partition coefficient (Wildman–Crippen LogP) is 3.42. The second-order valence-corrected chi connectivity index (χ2v) is 6.89. The minimum atomic E-state index is -0.852. The molecule has 8 heteroatoms. The summed E-state index contributed by atoms with van der Waals surface area (Å²) in [4.78, 5) is 24.5. The van der Waals surface area contributed by atoms with E-state index in [-0.39, 0.29) is 29.7 Å². The number of aryl methyl sites for hydroxylation is 1. The molecule has 150 valence electrons. The standard InChI is InChI=1S/C21H19ClFN3O3/c1-13-3-6-16(22)11-18(13)26-20(27)10-9-19(25-26)29-14(2)21(28)24-12-15-4-7-17(23)8-5-15/h3-11,14H,12H2,1-2H3,(H,24,28). The molecule has 1 amide bonds. The second kappa shape index (κ2) is 8.87. The zero-order chi connectivity index (χ0) is 21.0. The fourth-order valence-electron chi connectivity index (χ4n) is 2.61. The molecule has 3 aromatic rings. The number of hydrogen-bond acceptors (Lipinski definition) is 4. The first-order valence-corrected chi connectivity index (χ1v) is 9.27. The Morgan fingerprint density at radius 3 is 2.66 bits per heavy atom. The zero-order valence-corrected chi connectivity index (χ0v) is 16.6. The number of carbonyl (C=O) groups excluding carboxylic acids is 1. The molecule has 0 saturated heterocycles. The van der Waals surface area contributed by atoms with E-state index in [0.717, 1.165) is 11.1 Å². The molecular weight excluding hydrogens is 397 g/mol. The van der Waals surface area contributed by atoms with Crippen molar-refractivity contribution < 1.29 is 13.9 Å². The SMILES string of the molecule is Cc1ccc(Cl)cc1-n1nc(OC(C)C(=O)NCc2ccc(F)cc2)ccc1=O. The van der Waals surface area contributed by atoms with Crippen molar-refractivity contribution in [2.45, 2.75) is 26.5 Å². The lowest BCUT2D eigenvalue weighted by molar-refractivity contribution is -0.127. The first-order valence-electron chi connectivity index (χ1n) is 8.89. The van der Waals surface area contributed by atoms with Gasteiger partial charge in [0, 0.05) is 23.7 Å². The van der Waals surface area contributed by atoms with Gasteiger partial charge in [-0.3, -0.25) is 9.59 Å². The molecule has 0 bridgehead atoms. The van der Waals surface area contributed by atoms with Gasteiger partial charge in [-0.05, 0) is 49.2 Å². The summed E-state index contributed by atoms with van der Waals surface area (Å²) in [6, 6.07) is 13.7. The molecule has 2 aromatic carbocycles. The lowest BCUT2D eigenvalue weighted by atomic mass is 10.2. The lowest BCUT2D eigenvalue weighted by Crippen LogP contribution is -2.36. The molecular formula is C21H19ClFN3O3. The van der Waals surface area contributed by atoms with Gasteiger partial charge in [0.15, 0.2) is 6.10 Å². The van der Waals surface area contributed by atoms with Crippen LogP contribution in [0.2, 0.25) is 5.02 Å². The normalized spacial score (nSPS) is 11.7. The van der Waals surface area contributed by atoms with E-state index in [1.807, 2.05) is 6.92 Å². The van der Waals surface area contributed by atoms with E-state index < -0.39 is 6.10 Å². The fourth-order valence-corrected chi connectivity index (χ4v) is 2.78. The van der Waals surface area contributed by atoms with E-state index >= 15 is 0 Å². The lowest BCUT2D eigenvalue weighted by Gasteiger charge is -2.15. The fraction of sp³-hybridized carbons (Fsp3) is 0.190. The van der Waals surface area contributed by atoms with E-state index in [2.05, 4.69) is 10.4 Å². The van der Waals surface area contributed by atoms with Crippen molar-refractivity contribution in [3.05, 3.63) is 86.9 Å². The highest BCUT2D eigenvalue weighted by molar-refractivity contribution is 6.30. The molecule has 1 unspecified atom stereocenters. The Kier molecular flexibility index (Phi) is 6.29.